The zero-order valence-electron chi connectivity index (χ0n) is 7.33. The number of aromatic nitrogens is 1. The molecule has 5 nitrogen and oxygen atoms in total. The van der Waals surface area contributed by atoms with E-state index in [0.29, 0.717) is 5.82 Å². The van der Waals surface area contributed by atoms with E-state index in [-0.39, 0.29) is 5.91 Å². The number of anilines is 1. The standard InChI is InChI=1S/C9H9N3O2/c10-7-3-1-2-5-12(9(7)13)8-4-6-14-11-8/h1-7H,10H2/t7-/m1/s1. The Balaban J connectivity index is 2.32. The van der Waals surface area contributed by atoms with Crippen molar-refractivity contribution < 1.29 is 9.32 Å². The molecule has 0 radical (unpaired) electrons. The third-order valence-electron chi connectivity index (χ3n) is 1.86. The number of carbonyl (C=O) groups excluding carboxylic acids is 1. The molecule has 0 spiro atoms. The maximum atomic E-state index is 11.7. The van der Waals surface area contributed by atoms with Gasteiger partial charge in [0.15, 0.2) is 5.82 Å². The second-order valence-electron chi connectivity index (χ2n) is 2.82. The Morgan fingerprint density at radius 1 is 1.50 bits per heavy atom. The predicted octanol–water partition coefficient (Wildman–Crippen LogP) is 0.418. The Morgan fingerprint density at radius 3 is 3.07 bits per heavy atom. The maximum Gasteiger partial charge on any atom is 0.253 e. The van der Waals surface area contributed by atoms with Gasteiger partial charge in [0, 0.05) is 12.3 Å². The summed E-state index contributed by atoms with van der Waals surface area (Å²) in [5.41, 5.74) is 5.60. The second kappa shape index (κ2) is 3.47. The first kappa shape index (κ1) is 8.71. The summed E-state index contributed by atoms with van der Waals surface area (Å²) in [4.78, 5) is 13.0. The second-order valence-corrected chi connectivity index (χ2v) is 2.82. The van der Waals surface area contributed by atoms with E-state index in [1.54, 1.807) is 30.5 Å². The lowest BCUT2D eigenvalue weighted by Crippen LogP contribution is -2.39. The number of allylic oxidation sites excluding steroid dienone is 2. The number of amides is 1. The van der Waals surface area contributed by atoms with Crippen molar-refractivity contribution in [1.29, 1.82) is 0 Å². The van der Waals surface area contributed by atoms with E-state index in [2.05, 4.69) is 9.68 Å². The van der Waals surface area contributed by atoms with Crippen molar-refractivity contribution in [2.75, 3.05) is 4.90 Å². The largest absolute Gasteiger partial charge is 0.363 e. The molecule has 5 heteroatoms. The fourth-order valence-electron chi connectivity index (χ4n) is 1.16. The van der Waals surface area contributed by atoms with E-state index in [1.807, 2.05) is 0 Å². The average Bonchev–Trinajstić information content (AvgIpc) is 2.64. The summed E-state index contributed by atoms with van der Waals surface area (Å²) in [5.74, 6) is 0.203. The van der Waals surface area contributed by atoms with E-state index in [4.69, 9.17) is 5.73 Å². The number of nitrogens with two attached hydrogens (primary N) is 1. The lowest BCUT2D eigenvalue weighted by Gasteiger charge is -2.15. The smallest absolute Gasteiger partial charge is 0.253 e. The highest BCUT2D eigenvalue weighted by Gasteiger charge is 2.21. The molecule has 2 rings (SSSR count). The fraction of sp³-hybridized carbons (Fsp3) is 0.111. The first-order chi connectivity index (χ1) is 6.79. The van der Waals surface area contributed by atoms with Crippen LogP contribution in [0.25, 0.3) is 0 Å². The molecular formula is C9H9N3O2. The molecule has 1 atom stereocenters. The molecule has 2 heterocycles. The molecule has 1 aromatic heterocycles. The molecule has 1 aliphatic rings. The van der Waals surface area contributed by atoms with Gasteiger partial charge in [0.1, 0.15) is 12.3 Å². The molecule has 72 valence electrons. The fourth-order valence-corrected chi connectivity index (χ4v) is 1.16. The Morgan fingerprint density at radius 2 is 2.36 bits per heavy atom. The minimum atomic E-state index is -0.637. The number of hydrogen-bond donors (Lipinski definition) is 1. The Labute approximate surface area is 80.5 Å². The van der Waals surface area contributed by atoms with Crippen LogP contribution in [0.15, 0.2) is 41.3 Å². The molecule has 0 fully saturated rings. The maximum absolute atomic E-state index is 11.7. The number of nitrogens with zero attached hydrogens (tertiary/aromatic N) is 2. The molecular weight excluding hydrogens is 182 g/mol. The summed E-state index contributed by atoms with van der Waals surface area (Å²) >= 11 is 0. The Kier molecular flexibility index (Phi) is 2.16. The van der Waals surface area contributed by atoms with Gasteiger partial charge in [-0.1, -0.05) is 17.3 Å². The van der Waals surface area contributed by atoms with Gasteiger partial charge < -0.3 is 10.3 Å². The van der Waals surface area contributed by atoms with E-state index in [9.17, 15) is 4.79 Å². The molecule has 14 heavy (non-hydrogen) atoms. The van der Waals surface area contributed by atoms with Crippen LogP contribution in [0, 0.1) is 0 Å². The minimum Gasteiger partial charge on any atom is -0.363 e. The summed E-state index contributed by atoms with van der Waals surface area (Å²) < 4.78 is 4.65. The van der Waals surface area contributed by atoms with Gasteiger partial charge in [-0.15, -0.1) is 0 Å². The lowest BCUT2D eigenvalue weighted by atomic mass is 10.2. The number of carbonyl (C=O) groups is 1. The van der Waals surface area contributed by atoms with Crippen molar-refractivity contribution in [3.8, 4) is 0 Å². The summed E-state index contributed by atoms with van der Waals surface area (Å²) in [5, 5.41) is 3.66. The summed E-state index contributed by atoms with van der Waals surface area (Å²) in [6.07, 6.45) is 8.07. The molecule has 0 saturated carbocycles. The molecule has 0 unspecified atom stereocenters. The van der Waals surface area contributed by atoms with Crippen molar-refractivity contribution in [3.63, 3.8) is 0 Å². The summed E-state index contributed by atoms with van der Waals surface area (Å²) in [6, 6.07) is 0.960. The Hall–Kier alpha value is -1.88. The van der Waals surface area contributed by atoms with Gasteiger partial charge in [0.2, 0.25) is 0 Å². The van der Waals surface area contributed by atoms with Crippen molar-refractivity contribution in [2.45, 2.75) is 6.04 Å². The molecule has 1 amide bonds. The van der Waals surface area contributed by atoms with Crippen LogP contribution in [-0.4, -0.2) is 17.1 Å². The highest BCUT2D eigenvalue weighted by molar-refractivity contribution is 5.99. The molecule has 0 aliphatic carbocycles. The van der Waals surface area contributed by atoms with E-state index in [1.165, 1.54) is 11.2 Å². The monoisotopic (exact) mass is 191 g/mol. The van der Waals surface area contributed by atoms with Crippen LogP contribution >= 0.6 is 0 Å². The molecule has 0 bridgehead atoms. The van der Waals surface area contributed by atoms with Gasteiger partial charge >= 0.3 is 0 Å². The minimum absolute atomic E-state index is 0.232. The van der Waals surface area contributed by atoms with Crippen LogP contribution in [-0.2, 0) is 4.79 Å². The highest BCUT2D eigenvalue weighted by atomic mass is 16.5. The third kappa shape index (κ3) is 1.45. The molecule has 1 aliphatic heterocycles. The van der Waals surface area contributed by atoms with Crippen molar-refractivity contribution in [2.24, 2.45) is 5.73 Å². The van der Waals surface area contributed by atoms with E-state index < -0.39 is 6.04 Å². The van der Waals surface area contributed by atoms with Crippen LogP contribution in [0.1, 0.15) is 0 Å². The Bertz CT molecular complexity index is 381. The quantitative estimate of drug-likeness (QED) is 0.698. The van der Waals surface area contributed by atoms with Crippen molar-refractivity contribution >= 4 is 11.7 Å². The van der Waals surface area contributed by atoms with Gasteiger partial charge in [-0.25, -0.2) is 0 Å². The van der Waals surface area contributed by atoms with Crippen LogP contribution in [0.3, 0.4) is 0 Å². The van der Waals surface area contributed by atoms with Gasteiger partial charge in [0.05, 0.1) is 0 Å². The van der Waals surface area contributed by atoms with Gasteiger partial charge in [0.25, 0.3) is 5.91 Å². The first-order valence-corrected chi connectivity index (χ1v) is 4.13. The zero-order chi connectivity index (χ0) is 9.97. The highest BCUT2D eigenvalue weighted by Crippen LogP contribution is 2.13. The van der Waals surface area contributed by atoms with Crippen molar-refractivity contribution in [3.05, 3.63) is 36.8 Å². The topological polar surface area (TPSA) is 72.4 Å². The van der Waals surface area contributed by atoms with Crippen LogP contribution in [0.5, 0.6) is 0 Å². The van der Waals surface area contributed by atoms with Crippen LogP contribution < -0.4 is 10.6 Å². The van der Waals surface area contributed by atoms with Crippen LogP contribution in [0.2, 0.25) is 0 Å². The number of hydrogen-bond acceptors (Lipinski definition) is 4. The molecule has 0 aromatic carbocycles. The zero-order valence-corrected chi connectivity index (χ0v) is 7.33. The SMILES string of the molecule is N[C@@H]1C=CC=CN(c2ccon2)C1=O. The molecule has 0 saturated heterocycles. The predicted molar refractivity (Wildman–Crippen MR) is 50.2 cm³/mol. The molecule has 2 N–H and O–H groups in total. The van der Waals surface area contributed by atoms with Crippen LogP contribution in [0.4, 0.5) is 5.82 Å². The summed E-state index contributed by atoms with van der Waals surface area (Å²) in [7, 11) is 0. The van der Waals surface area contributed by atoms with Gasteiger partial charge in [-0.05, 0) is 6.08 Å². The van der Waals surface area contributed by atoms with Crippen molar-refractivity contribution in [1.82, 2.24) is 5.16 Å². The normalized spacial score (nSPS) is 21.4. The first-order valence-electron chi connectivity index (χ1n) is 4.13. The van der Waals surface area contributed by atoms with E-state index in [0.717, 1.165) is 0 Å². The lowest BCUT2D eigenvalue weighted by molar-refractivity contribution is -0.118. The third-order valence-corrected chi connectivity index (χ3v) is 1.86. The van der Waals surface area contributed by atoms with E-state index >= 15 is 0 Å². The number of rotatable bonds is 1. The summed E-state index contributed by atoms with van der Waals surface area (Å²) in [6.45, 7) is 0. The molecule has 1 aromatic rings. The van der Waals surface area contributed by atoms with Gasteiger partial charge in [-0.2, -0.15) is 0 Å². The van der Waals surface area contributed by atoms with Gasteiger partial charge in [-0.3, -0.25) is 9.69 Å². The average molecular weight is 191 g/mol.